The standard InChI is InChI=1S/C23H15FN4/c24-20-6-2-1-4-17(20)22-12-18(16-5-3-10-27-23(16)28-22)14-7-8-21(25)19-13-26-11-9-15(14)19/h1-13H,25H2. The molecule has 5 rings (SSSR count). The molecule has 0 amide bonds. The molecule has 3 aromatic heterocycles. The van der Waals surface area contributed by atoms with Gasteiger partial charge in [-0.15, -0.1) is 0 Å². The normalized spacial score (nSPS) is 11.2. The number of rotatable bonds is 2. The Hall–Kier alpha value is -3.86. The van der Waals surface area contributed by atoms with Crippen LogP contribution in [0.5, 0.6) is 0 Å². The molecule has 0 spiro atoms. The molecule has 4 nitrogen and oxygen atoms in total. The van der Waals surface area contributed by atoms with Gasteiger partial charge in [0.25, 0.3) is 0 Å². The van der Waals surface area contributed by atoms with Crippen LogP contribution < -0.4 is 5.73 Å². The van der Waals surface area contributed by atoms with Gasteiger partial charge in [0.1, 0.15) is 5.82 Å². The molecule has 28 heavy (non-hydrogen) atoms. The van der Waals surface area contributed by atoms with Gasteiger partial charge in [0.2, 0.25) is 0 Å². The van der Waals surface area contributed by atoms with E-state index in [1.54, 1.807) is 36.8 Å². The fourth-order valence-electron chi connectivity index (χ4n) is 3.53. The van der Waals surface area contributed by atoms with E-state index in [4.69, 9.17) is 5.73 Å². The van der Waals surface area contributed by atoms with Crippen LogP contribution in [0.15, 0.2) is 79.3 Å². The number of nitrogens with two attached hydrogens (primary N) is 1. The summed E-state index contributed by atoms with van der Waals surface area (Å²) in [6.45, 7) is 0. The highest BCUT2D eigenvalue weighted by molar-refractivity contribution is 6.07. The van der Waals surface area contributed by atoms with Gasteiger partial charge < -0.3 is 5.73 Å². The largest absolute Gasteiger partial charge is 0.398 e. The summed E-state index contributed by atoms with van der Waals surface area (Å²) in [5, 5.41) is 2.75. The second kappa shape index (κ2) is 6.39. The van der Waals surface area contributed by atoms with Crippen LogP contribution in [0.3, 0.4) is 0 Å². The van der Waals surface area contributed by atoms with Gasteiger partial charge in [-0.3, -0.25) is 4.98 Å². The molecule has 2 aromatic carbocycles. The quantitative estimate of drug-likeness (QED) is 0.434. The second-order valence-corrected chi connectivity index (χ2v) is 6.53. The number of hydrogen-bond donors (Lipinski definition) is 1. The van der Waals surface area contributed by atoms with Crippen LogP contribution in [0.1, 0.15) is 0 Å². The molecule has 0 saturated heterocycles. The summed E-state index contributed by atoms with van der Waals surface area (Å²) >= 11 is 0. The minimum Gasteiger partial charge on any atom is -0.398 e. The monoisotopic (exact) mass is 366 g/mol. The van der Waals surface area contributed by atoms with Crippen LogP contribution in [0.4, 0.5) is 10.1 Å². The van der Waals surface area contributed by atoms with Crippen LogP contribution in [-0.2, 0) is 0 Å². The zero-order chi connectivity index (χ0) is 19.1. The van der Waals surface area contributed by atoms with E-state index in [2.05, 4.69) is 15.0 Å². The molecule has 2 N–H and O–H groups in total. The number of anilines is 1. The zero-order valence-corrected chi connectivity index (χ0v) is 14.8. The van der Waals surface area contributed by atoms with Crippen molar-refractivity contribution in [3.05, 3.63) is 85.1 Å². The van der Waals surface area contributed by atoms with Gasteiger partial charge in [-0.1, -0.05) is 18.2 Å². The third kappa shape index (κ3) is 2.56. The van der Waals surface area contributed by atoms with Gasteiger partial charge in [-0.25, -0.2) is 14.4 Å². The molecule has 0 aliphatic rings. The van der Waals surface area contributed by atoms with Gasteiger partial charge in [-0.2, -0.15) is 0 Å². The van der Waals surface area contributed by atoms with E-state index in [9.17, 15) is 4.39 Å². The Labute approximate surface area is 160 Å². The smallest absolute Gasteiger partial charge is 0.160 e. The molecular weight excluding hydrogens is 351 g/mol. The minimum absolute atomic E-state index is 0.317. The lowest BCUT2D eigenvalue weighted by atomic mass is 9.95. The molecule has 0 fully saturated rings. The van der Waals surface area contributed by atoms with E-state index in [1.807, 2.05) is 36.4 Å². The van der Waals surface area contributed by atoms with Gasteiger partial charge in [-0.05, 0) is 59.0 Å². The van der Waals surface area contributed by atoms with Gasteiger partial charge in [0.15, 0.2) is 5.65 Å². The fraction of sp³-hybridized carbons (Fsp3) is 0. The lowest BCUT2D eigenvalue weighted by molar-refractivity contribution is 0.631. The Kier molecular flexibility index (Phi) is 3.72. The number of aromatic nitrogens is 3. The maximum absolute atomic E-state index is 14.4. The third-order valence-electron chi connectivity index (χ3n) is 4.88. The average molecular weight is 366 g/mol. The molecule has 5 aromatic rings. The van der Waals surface area contributed by atoms with Crippen LogP contribution in [0.25, 0.3) is 44.2 Å². The molecule has 0 saturated carbocycles. The molecule has 3 heterocycles. The van der Waals surface area contributed by atoms with E-state index in [1.165, 1.54) is 6.07 Å². The topological polar surface area (TPSA) is 64.7 Å². The van der Waals surface area contributed by atoms with Crippen molar-refractivity contribution in [3.8, 4) is 22.4 Å². The predicted octanol–water partition coefficient (Wildman–Crippen LogP) is 5.23. The summed E-state index contributed by atoms with van der Waals surface area (Å²) in [6, 6.07) is 18.2. The summed E-state index contributed by atoms with van der Waals surface area (Å²) in [4.78, 5) is 13.2. The molecule has 134 valence electrons. The van der Waals surface area contributed by atoms with Crippen molar-refractivity contribution in [3.63, 3.8) is 0 Å². The average Bonchev–Trinajstić information content (AvgIpc) is 2.74. The number of nitrogen functional groups attached to an aromatic ring is 1. The first-order valence-corrected chi connectivity index (χ1v) is 8.85. The summed E-state index contributed by atoms with van der Waals surface area (Å²) < 4.78 is 14.4. The molecule has 0 atom stereocenters. The number of pyridine rings is 3. The SMILES string of the molecule is Nc1ccc(-c2cc(-c3ccccc3F)nc3ncccc23)c2ccncc12. The van der Waals surface area contributed by atoms with E-state index < -0.39 is 0 Å². The Morgan fingerprint density at radius 1 is 0.750 bits per heavy atom. The Balaban J connectivity index is 1.88. The van der Waals surface area contributed by atoms with E-state index in [-0.39, 0.29) is 5.82 Å². The Bertz CT molecular complexity index is 1350. The van der Waals surface area contributed by atoms with Crippen molar-refractivity contribution in [2.75, 3.05) is 5.73 Å². The molecule has 5 heteroatoms. The van der Waals surface area contributed by atoms with Crippen molar-refractivity contribution in [1.29, 1.82) is 0 Å². The van der Waals surface area contributed by atoms with Gasteiger partial charge in [0, 0.05) is 40.6 Å². The first-order valence-electron chi connectivity index (χ1n) is 8.85. The van der Waals surface area contributed by atoms with Crippen LogP contribution in [-0.4, -0.2) is 15.0 Å². The summed E-state index contributed by atoms with van der Waals surface area (Å²) in [6.07, 6.45) is 5.19. The van der Waals surface area contributed by atoms with Gasteiger partial charge in [0.05, 0.1) is 5.69 Å². The molecule has 0 aliphatic heterocycles. The number of benzene rings is 2. The minimum atomic E-state index is -0.317. The van der Waals surface area contributed by atoms with E-state index >= 15 is 0 Å². The van der Waals surface area contributed by atoms with Gasteiger partial charge >= 0.3 is 0 Å². The van der Waals surface area contributed by atoms with E-state index in [0.717, 1.165) is 27.3 Å². The predicted molar refractivity (Wildman–Crippen MR) is 110 cm³/mol. The van der Waals surface area contributed by atoms with Crippen LogP contribution in [0, 0.1) is 5.82 Å². The van der Waals surface area contributed by atoms with E-state index in [0.29, 0.717) is 22.6 Å². The number of nitrogens with zero attached hydrogens (tertiary/aromatic N) is 3. The highest BCUT2D eigenvalue weighted by Gasteiger charge is 2.15. The molecule has 0 bridgehead atoms. The second-order valence-electron chi connectivity index (χ2n) is 6.53. The highest BCUT2D eigenvalue weighted by Crippen LogP contribution is 2.37. The number of fused-ring (bicyclic) bond motifs is 2. The van der Waals surface area contributed by atoms with Crippen molar-refractivity contribution in [2.45, 2.75) is 0 Å². The van der Waals surface area contributed by atoms with Crippen molar-refractivity contribution >= 4 is 27.5 Å². The maximum Gasteiger partial charge on any atom is 0.160 e. The number of hydrogen-bond acceptors (Lipinski definition) is 4. The first kappa shape index (κ1) is 16.3. The van der Waals surface area contributed by atoms with Crippen molar-refractivity contribution < 1.29 is 4.39 Å². The first-order chi connectivity index (χ1) is 13.7. The summed E-state index contributed by atoms with van der Waals surface area (Å²) in [5.74, 6) is -0.317. The number of halogens is 1. The highest BCUT2D eigenvalue weighted by atomic mass is 19.1. The molecular formula is C23H15FN4. The fourth-order valence-corrected chi connectivity index (χ4v) is 3.53. The molecule has 0 radical (unpaired) electrons. The third-order valence-corrected chi connectivity index (χ3v) is 4.88. The Morgan fingerprint density at radius 2 is 1.64 bits per heavy atom. The molecule has 0 unspecified atom stereocenters. The zero-order valence-electron chi connectivity index (χ0n) is 14.8. The van der Waals surface area contributed by atoms with Crippen LogP contribution in [0.2, 0.25) is 0 Å². The summed E-state index contributed by atoms with van der Waals surface area (Å²) in [5.41, 5.74) is 10.3. The van der Waals surface area contributed by atoms with Crippen molar-refractivity contribution in [1.82, 2.24) is 15.0 Å². The Morgan fingerprint density at radius 3 is 2.54 bits per heavy atom. The van der Waals surface area contributed by atoms with Crippen molar-refractivity contribution in [2.24, 2.45) is 0 Å². The lowest BCUT2D eigenvalue weighted by Crippen LogP contribution is -1.95. The molecule has 0 aliphatic carbocycles. The maximum atomic E-state index is 14.4. The summed E-state index contributed by atoms with van der Waals surface area (Å²) in [7, 11) is 0. The lowest BCUT2D eigenvalue weighted by Gasteiger charge is -2.13. The van der Waals surface area contributed by atoms with Crippen LogP contribution >= 0.6 is 0 Å².